The molecule has 33 heavy (non-hydrogen) atoms. The lowest BCUT2D eigenvalue weighted by Crippen LogP contribution is -2.29. The molecule has 0 spiro atoms. The van der Waals surface area contributed by atoms with Crippen LogP contribution in [0.2, 0.25) is 0 Å². The lowest BCUT2D eigenvalue weighted by molar-refractivity contribution is -0.137. The van der Waals surface area contributed by atoms with E-state index in [1.165, 1.54) is 12.1 Å². The molecule has 0 aliphatic carbocycles. The van der Waals surface area contributed by atoms with Gasteiger partial charge in [-0.1, -0.05) is 6.07 Å². The minimum absolute atomic E-state index is 0.194. The Hall–Kier alpha value is -3.32. The van der Waals surface area contributed by atoms with Crippen LogP contribution in [-0.2, 0) is 12.7 Å². The van der Waals surface area contributed by atoms with Crippen molar-refractivity contribution in [2.45, 2.75) is 19.0 Å². The number of alkyl halides is 3. The third kappa shape index (κ3) is 4.46. The van der Waals surface area contributed by atoms with Crippen LogP contribution in [0.4, 0.5) is 24.8 Å². The lowest BCUT2D eigenvalue weighted by Gasteiger charge is -2.24. The van der Waals surface area contributed by atoms with E-state index in [2.05, 4.69) is 30.3 Å². The second kappa shape index (κ2) is 8.23. The van der Waals surface area contributed by atoms with E-state index in [4.69, 9.17) is 10.2 Å². The first-order valence-corrected chi connectivity index (χ1v) is 10.4. The van der Waals surface area contributed by atoms with Crippen molar-refractivity contribution in [3.63, 3.8) is 0 Å². The average Bonchev–Trinajstić information content (AvgIpc) is 3.48. The molecule has 0 amide bonds. The largest absolute Gasteiger partial charge is 0.416 e. The Kier molecular flexibility index (Phi) is 5.37. The highest BCUT2D eigenvalue weighted by Gasteiger charge is 2.41. The van der Waals surface area contributed by atoms with Gasteiger partial charge in [0.2, 0.25) is 11.8 Å². The van der Waals surface area contributed by atoms with Crippen LogP contribution in [0.15, 0.2) is 36.7 Å². The molecule has 2 unspecified atom stereocenters. The van der Waals surface area contributed by atoms with Gasteiger partial charge >= 0.3 is 6.18 Å². The molecular formula is C20H21F3N8O2. The van der Waals surface area contributed by atoms with Gasteiger partial charge in [-0.05, 0) is 23.4 Å². The highest BCUT2D eigenvalue weighted by molar-refractivity contribution is 5.53. The SMILES string of the molecule is OC(O)Cn1nnc(-c2cnc(N3CC4CN(c5cccc(C(F)(F)F)c5)CC4C3)nc2)n1. The molecule has 174 valence electrons. The van der Waals surface area contributed by atoms with Crippen molar-refractivity contribution in [3.05, 3.63) is 42.2 Å². The molecule has 13 heteroatoms. The number of anilines is 2. The van der Waals surface area contributed by atoms with Crippen LogP contribution < -0.4 is 9.80 Å². The molecule has 2 saturated heterocycles. The summed E-state index contributed by atoms with van der Waals surface area (Å²) in [5.41, 5.74) is 0.516. The minimum atomic E-state index is -4.35. The van der Waals surface area contributed by atoms with Crippen LogP contribution in [0.25, 0.3) is 11.4 Å². The quantitative estimate of drug-likeness (QED) is 0.537. The first kappa shape index (κ1) is 21.5. The summed E-state index contributed by atoms with van der Waals surface area (Å²) in [6.45, 7) is 2.62. The monoisotopic (exact) mass is 462 g/mol. The van der Waals surface area contributed by atoms with Crippen molar-refractivity contribution in [2.24, 2.45) is 11.8 Å². The fourth-order valence-corrected chi connectivity index (χ4v) is 4.43. The predicted octanol–water partition coefficient (Wildman–Crippen LogP) is 1.03. The molecule has 2 fully saturated rings. The first-order chi connectivity index (χ1) is 15.8. The number of rotatable bonds is 5. The number of halogens is 3. The molecule has 0 radical (unpaired) electrons. The second-order valence-electron chi connectivity index (χ2n) is 8.30. The number of fused-ring (bicyclic) bond motifs is 1. The van der Waals surface area contributed by atoms with E-state index >= 15 is 0 Å². The van der Waals surface area contributed by atoms with E-state index in [0.717, 1.165) is 24.0 Å². The van der Waals surface area contributed by atoms with Crippen LogP contribution in [0.3, 0.4) is 0 Å². The van der Waals surface area contributed by atoms with Gasteiger partial charge in [0, 0.05) is 56.1 Å². The second-order valence-corrected chi connectivity index (χ2v) is 8.30. The zero-order valence-electron chi connectivity index (χ0n) is 17.3. The van der Waals surface area contributed by atoms with Crippen LogP contribution >= 0.6 is 0 Å². The van der Waals surface area contributed by atoms with Gasteiger partial charge in [0.25, 0.3) is 0 Å². The van der Waals surface area contributed by atoms with Crippen molar-refractivity contribution < 1.29 is 23.4 Å². The van der Waals surface area contributed by atoms with E-state index < -0.39 is 18.0 Å². The maximum Gasteiger partial charge on any atom is 0.416 e. The lowest BCUT2D eigenvalue weighted by atomic mass is 10.0. The third-order valence-corrected chi connectivity index (χ3v) is 5.98. The van der Waals surface area contributed by atoms with Gasteiger partial charge in [0.15, 0.2) is 6.29 Å². The molecular weight excluding hydrogens is 441 g/mol. The zero-order chi connectivity index (χ0) is 23.2. The van der Waals surface area contributed by atoms with E-state index in [1.807, 2.05) is 4.90 Å². The van der Waals surface area contributed by atoms with Crippen molar-refractivity contribution in [1.29, 1.82) is 0 Å². The summed E-state index contributed by atoms with van der Waals surface area (Å²) in [6, 6.07) is 5.48. The Morgan fingerprint density at radius 1 is 1.00 bits per heavy atom. The summed E-state index contributed by atoms with van der Waals surface area (Å²) in [5, 5.41) is 29.6. The van der Waals surface area contributed by atoms with E-state index in [1.54, 1.807) is 18.5 Å². The molecule has 0 saturated carbocycles. The van der Waals surface area contributed by atoms with Crippen molar-refractivity contribution >= 4 is 11.6 Å². The number of aliphatic hydroxyl groups is 2. The zero-order valence-corrected chi connectivity index (χ0v) is 17.3. The molecule has 10 nitrogen and oxygen atoms in total. The van der Waals surface area contributed by atoms with Crippen LogP contribution in [0.1, 0.15) is 5.56 Å². The van der Waals surface area contributed by atoms with Crippen molar-refractivity contribution in [1.82, 2.24) is 30.2 Å². The molecule has 1 aromatic carbocycles. The molecule has 4 heterocycles. The van der Waals surface area contributed by atoms with Crippen molar-refractivity contribution in [2.75, 3.05) is 36.0 Å². The Balaban J connectivity index is 1.22. The highest BCUT2D eigenvalue weighted by atomic mass is 19.4. The Morgan fingerprint density at radius 3 is 2.30 bits per heavy atom. The summed E-state index contributed by atoms with van der Waals surface area (Å²) >= 11 is 0. The number of hydrogen-bond acceptors (Lipinski definition) is 9. The summed E-state index contributed by atoms with van der Waals surface area (Å²) in [6.07, 6.45) is -2.76. The summed E-state index contributed by atoms with van der Waals surface area (Å²) in [7, 11) is 0. The maximum absolute atomic E-state index is 13.0. The predicted molar refractivity (Wildman–Crippen MR) is 110 cm³/mol. The standard InChI is InChI=1S/C20H21F3N8O2/c21-20(22,23)15-2-1-3-16(4-15)29-7-13-9-30(10-14(13)8-29)19-24-5-12(6-25-19)18-26-28-31(27-18)11-17(32)33/h1-6,13-14,17,32-33H,7-11H2. The summed E-state index contributed by atoms with van der Waals surface area (Å²) < 4.78 is 39.1. The molecule has 2 aromatic heterocycles. The number of aromatic nitrogens is 6. The third-order valence-electron chi connectivity index (χ3n) is 5.98. The number of tetrazole rings is 1. The number of aliphatic hydroxyl groups excluding tert-OH is 1. The van der Waals surface area contributed by atoms with Gasteiger partial charge in [-0.15, -0.1) is 10.2 Å². The molecule has 0 bridgehead atoms. The van der Waals surface area contributed by atoms with Gasteiger partial charge in [0.05, 0.1) is 11.1 Å². The highest BCUT2D eigenvalue weighted by Crippen LogP contribution is 2.37. The number of benzene rings is 1. The smallest absolute Gasteiger partial charge is 0.371 e. The normalized spacial score (nSPS) is 20.7. The Morgan fingerprint density at radius 2 is 1.67 bits per heavy atom. The van der Waals surface area contributed by atoms with Crippen LogP contribution in [0.5, 0.6) is 0 Å². The molecule has 5 rings (SSSR count). The summed E-state index contributed by atoms with van der Waals surface area (Å²) in [5.74, 6) is 1.47. The number of hydrogen-bond donors (Lipinski definition) is 2. The van der Waals surface area contributed by atoms with Gasteiger partial charge in [-0.3, -0.25) is 0 Å². The van der Waals surface area contributed by atoms with Gasteiger partial charge in [0.1, 0.15) is 6.54 Å². The molecule has 2 aliphatic rings. The minimum Gasteiger partial charge on any atom is -0.371 e. The van der Waals surface area contributed by atoms with Crippen molar-refractivity contribution in [3.8, 4) is 11.4 Å². The fourth-order valence-electron chi connectivity index (χ4n) is 4.43. The topological polar surface area (TPSA) is 116 Å². The van der Waals surface area contributed by atoms with Gasteiger partial charge in [-0.25, -0.2) is 9.97 Å². The Labute approximate surface area is 186 Å². The van der Waals surface area contributed by atoms with Crippen LogP contribution in [0, 0.1) is 11.8 Å². The van der Waals surface area contributed by atoms with E-state index in [0.29, 0.717) is 42.1 Å². The maximum atomic E-state index is 13.0. The Bertz CT molecular complexity index is 1110. The number of nitrogens with zero attached hydrogens (tertiary/aromatic N) is 8. The fraction of sp³-hybridized carbons (Fsp3) is 0.450. The van der Waals surface area contributed by atoms with E-state index in [-0.39, 0.29) is 12.4 Å². The summed E-state index contributed by atoms with van der Waals surface area (Å²) in [4.78, 5) is 14.0. The molecule has 2 aliphatic heterocycles. The first-order valence-electron chi connectivity index (χ1n) is 10.4. The van der Waals surface area contributed by atoms with Gasteiger partial charge < -0.3 is 20.0 Å². The van der Waals surface area contributed by atoms with Crippen LogP contribution in [-0.4, -0.2) is 72.9 Å². The molecule has 3 aromatic rings. The molecule has 2 N–H and O–H groups in total. The van der Waals surface area contributed by atoms with Gasteiger partial charge in [-0.2, -0.15) is 18.0 Å². The van der Waals surface area contributed by atoms with E-state index in [9.17, 15) is 13.2 Å². The molecule has 2 atom stereocenters. The average molecular weight is 462 g/mol.